The summed E-state index contributed by atoms with van der Waals surface area (Å²) in [6.07, 6.45) is 2.95. The van der Waals surface area contributed by atoms with Crippen molar-refractivity contribution in [3.63, 3.8) is 0 Å². The molecule has 1 aromatic carbocycles. The number of para-hydroxylation sites is 1. The number of fused-ring (bicyclic) bond motifs is 1. The smallest absolute Gasteiger partial charge is 0.0722 e. The maximum atomic E-state index is 9.66. The number of nitrogens with one attached hydrogen (secondary N) is 1. The van der Waals surface area contributed by atoms with Crippen molar-refractivity contribution in [2.24, 2.45) is 7.05 Å². The zero-order valence-electron chi connectivity index (χ0n) is 10.7. The fourth-order valence-corrected chi connectivity index (χ4v) is 2.95. The molecule has 96 valence electrons. The van der Waals surface area contributed by atoms with Crippen molar-refractivity contribution in [1.82, 2.24) is 15.1 Å². The SMILES string of the molecule is Cn1nc(CC2(CO)CCCN2)c2ccccc21. The van der Waals surface area contributed by atoms with Crippen LogP contribution in [0.25, 0.3) is 10.9 Å². The topological polar surface area (TPSA) is 50.1 Å². The molecular formula is C14H19N3O. The highest BCUT2D eigenvalue weighted by atomic mass is 16.3. The molecule has 2 heterocycles. The number of aromatic nitrogens is 2. The summed E-state index contributed by atoms with van der Waals surface area (Å²) in [5, 5.41) is 18.9. The summed E-state index contributed by atoms with van der Waals surface area (Å²) in [6.45, 7) is 1.17. The first-order chi connectivity index (χ1) is 8.74. The molecule has 1 saturated heterocycles. The number of aliphatic hydroxyl groups is 1. The molecule has 0 amide bonds. The lowest BCUT2D eigenvalue weighted by molar-refractivity contribution is 0.176. The molecule has 1 fully saturated rings. The van der Waals surface area contributed by atoms with E-state index < -0.39 is 0 Å². The van der Waals surface area contributed by atoms with Gasteiger partial charge in [-0.25, -0.2) is 0 Å². The second kappa shape index (κ2) is 4.37. The molecule has 1 aromatic heterocycles. The van der Waals surface area contributed by atoms with Crippen molar-refractivity contribution in [2.75, 3.05) is 13.2 Å². The van der Waals surface area contributed by atoms with E-state index in [0.717, 1.165) is 37.0 Å². The first-order valence-electron chi connectivity index (χ1n) is 6.51. The lowest BCUT2D eigenvalue weighted by Crippen LogP contribution is -2.45. The number of hydrogen-bond donors (Lipinski definition) is 2. The molecule has 0 saturated carbocycles. The lowest BCUT2D eigenvalue weighted by Gasteiger charge is -2.26. The van der Waals surface area contributed by atoms with Gasteiger partial charge in [-0.15, -0.1) is 0 Å². The number of aliphatic hydroxyl groups excluding tert-OH is 1. The molecule has 0 radical (unpaired) electrons. The highest BCUT2D eigenvalue weighted by molar-refractivity contribution is 5.82. The van der Waals surface area contributed by atoms with Gasteiger partial charge in [-0.1, -0.05) is 18.2 Å². The van der Waals surface area contributed by atoms with Crippen LogP contribution in [-0.4, -0.2) is 33.6 Å². The predicted octanol–water partition coefficient (Wildman–Crippen LogP) is 1.23. The summed E-state index contributed by atoms with van der Waals surface area (Å²) in [5.41, 5.74) is 2.06. The summed E-state index contributed by atoms with van der Waals surface area (Å²) in [6, 6.07) is 8.27. The van der Waals surface area contributed by atoms with Crippen molar-refractivity contribution >= 4 is 10.9 Å². The minimum Gasteiger partial charge on any atom is -0.394 e. The summed E-state index contributed by atoms with van der Waals surface area (Å²) >= 11 is 0. The molecule has 4 nitrogen and oxygen atoms in total. The van der Waals surface area contributed by atoms with Gasteiger partial charge in [0.1, 0.15) is 0 Å². The molecule has 0 aliphatic carbocycles. The average molecular weight is 245 g/mol. The van der Waals surface area contributed by atoms with Crippen molar-refractivity contribution in [2.45, 2.75) is 24.8 Å². The van der Waals surface area contributed by atoms with Gasteiger partial charge in [0.15, 0.2) is 0 Å². The highest BCUT2D eigenvalue weighted by Gasteiger charge is 2.34. The summed E-state index contributed by atoms with van der Waals surface area (Å²) in [7, 11) is 1.97. The third-order valence-electron chi connectivity index (χ3n) is 3.97. The van der Waals surface area contributed by atoms with Crippen molar-refractivity contribution in [3.05, 3.63) is 30.0 Å². The van der Waals surface area contributed by atoms with Crippen LogP contribution in [0.15, 0.2) is 24.3 Å². The lowest BCUT2D eigenvalue weighted by atomic mass is 9.91. The fourth-order valence-electron chi connectivity index (χ4n) is 2.95. The Morgan fingerprint density at radius 1 is 1.44 bits per heavy atom. The number of aryl methyl sites for hydroxylation is 1. The van der Waals surface area contributed by atoms with Gasteiger partial charge < -0.3 is 10.4 Å². The Hall–Kier alpha value is -1.39. The maximum Gasteiger partial charge on any atom is 0.0722 e. The summed E-state index contributed by atoms with van der Waals surface area (Å²) in [4.78, 5) is 0. The van der Waals surface area contributed by atoms with E-state index in [1.165, 1.54) is 5.39 Å². The van der Waals surface area contributed by atoms with Gasteiger partial charge in [-0.3, -0.25) is 4.68 Å². The molecule has 0 spiro atoms. The molecule has 18 heavy (non-hydrogen) atoms. The van der Waals surface area contributed by atoms with E-state index in [2.05, 4.69) is 22.5 Å². The van der Waals surface area contributed by atoms with E-state index in [1.54, 1.807) is 0 Å². The van der Waals surface area contributed by atoms with Crippen molar-refractivity contribution in [1.29, 1.82) is 0 Å². The monoisotopic (exact) mass is 245 g/mol. The third kappa shape index (κ3) is 1.82. The second-order valence-electron chi connectivity index (χ2n) is 5.23. The van der Waals surface area contributed by atoms with Crippen LogP contribution >= 0.6 is 0 Å². The largest absolute Gasteiger partial charge is 0.394 e. The Bertz CT molecular complexity index is 555. The van der Waals surface area contributed by atoms with Crippen molar-refractivity contribution < 1.29 is 5.11 Å². The number of rotatable bonds is 3. The van der Waals surface area contributed by atoms with Gasteiger partial charge in [0.2, 0.25) is 0 Å². The van der Waals surface area contributed by atoms with Gasteiger partial charge in [0.25, 0.3) is 0 Å². The average Bonchev–Trinajstić information content (AvgIpc) is 2.98. The minimum absolute atomic E-state index is 0.170. The Balaban J connectivity index is 1.99. The Morgan fingerprint density at radius 3 is 3.00 bits per heavy atom. The van der Waals surface area contributed by atoms with Gasteiger partial charge in [0.05, 0.1) is 17.8 Å². The van der Waals surface area contributed by atoms with Crippen LogP contribution in [0.2, 0.25) is 0 Å². The number of hydrogen-bond acceptors (Lipinski definition) is 3. The molecule has 2 N–H and O–H groups in total. The molecule has 1 aliphatic heterocycles. The van der Waals surface area contributed by atoms with Gasteiger partial charge >= 0.3 is 0 Å². The van der Waals surface area contributed by atoms with Gasteiger partial charge in [0, 0.05) is 24.4 Å². The summed E-state index contributed by atoms with van der Waals surface area (Å²) < 4.78 is 1.92. The normalized spacial score (nSPS) is 23.9. The molecule has 1 aliphatic rings. The van der Waals surface area contributed by atoms with Crippen LogP contribution in [0, 0.1) is 0 Å². The Morgan fingerprint density at radius 2 is 2.28 bits per heavy atom. The van der Waals surface area contributed by atoms with Crippen LogP contribution in [0.4, 0.5) is 0 Å². The number of benzene rings is 1. The van der Waals surface area contributed by atoms with E-state index in [9.17, 15) is 5.11 Å². The second-order valence-corrected chi connectivity index (χ2v) is 5.23. The quantitative estimate of drug-likeness (QED) is 0.855. The van der Waals surface area contributed by atoms with Crippen molar-refractivity contribution in [3.8, 4) is 0 Å². The van der Waals surface area contributed by atoms with Crippen LogP contribution in [0.1, 0.15) is 18.5 Å². The minimum atomic E-state index is -0.170. The van der Waals surface area contributed by atoms with E-state index in [4.69, 9.17) is 0 Å². The predicted molar refractivity (Wildman–Crippen MR) is 71.5 cm³/mol. The van der Waals surface area contributed by atoms with Crippen LogP contribution in [0.3, 0.4) is 0 Å². The Kier molecular flexibility index (Phi) is 2.84. The standard InChI is InChI=1S/C14H19N3O/c1-17-13-6-3-2-5-11(13)12(16-17)9-14(10-18)7-4-8-15-14/h2-3,5-6,15,18H,4,7-10H2,1H3. The molecular weight excluding hydrogens is 226 g/mol. The third-order valence-corrected chi connectivity index (χ3v) is 3.97. The first-order valence-corrected chi connectivity index (χ1v) is 6.51. The van der Waals surface area contributed by atoms with Crippen LogP contribution in [0.5, 0.6) is 0 Å². The van der Waals surface area contributed by atoms with Gasteiger partial charge in [-0.05, 0) is 25.5 Å². The molecule has 3 rings (SSSR count). The maximum absolute atomic E-state index is 9.66. The Labute approximate surface area is 107 Å². The first kappa shape index (κ1) is 11.7. The molecule has 2 aromatic rings. The molecule has 0 bridgehead atoms. The number of nitrogens with zero attached hydrogens (tertiary/aromatic N) is 2. The molecule has 1 atom stereocenters. The highest BCUT2D eigenvalue weighted by Crippen LogP contribution is 2.27. The van der Waals surface area contributed by atoms with E-state index >= 15 is 0 Å². The molecule has 4 heteroatoms. The van der Waals surface area contributed by atoms with E-state index in [-0.39, 0.29) is 12.1 Å². The van der Waals surface area contributed by atoms with Gasteiger partial charge in [-0.2, -0.15) is 5.10 Å². The fraction of sp³-hybridized carbons (Fsp3) is 0.500. The van der Waals surface area contributed by atoms with E-state index in [1.807, 2.05) is 23.9 Å². The molecule has 1 unspecified atom stereocenters. The zero-order chi connectivity index (χ0) is 12.6. The zero-order valence-corrected chi connectivity index (χ0v) is 10.7. The van der Waals surface area contributed by atoms with E-state index in [0.29, 0.717) is 0 Å². The summed E-state index contributed by atoms with van der Waals surface area (Å²) in [5.74, 6) is 0. The van der Waals surface area contributed by atoms with Crippen LogP contribution < -0.4 is 5.32 Å². The van der Waals surface area contributed by atoms with Crippen LogP contribution in [-0.2, 0) is 13.5 Å².